The number of carbonyl (C=O) groups is 1. The Hall–Kier alpha value is -3.00. The molecule has 1 aromatic heterocycles. The van der Waals surface area contributed by atoms with Crippen molar-refractivity contribution < 1.29 is 9.53 Å². The summed E-state index contributed by atoms with van der Waals surface area (Å²) in [7, 11) is 0. The first-order chi connectivity index (χ1) is 15.1. The monoisotopic (exact) mass is 437 g/mol. The highest BCUT2D eigenvalue weighted by Gasteiger charge is 2.37. The van der Waals surface area contributed by atoms with Crippen LogP contribution in [-0.4, -0.2) is 32.6 Å². The number of anilines is 1. The maximum absolute atomic E-state index is 13.3. The number of hydrogen-bond acceptors (Lipinski definition) is 6. The molecule has 4 rings (SSSR count). The van der Waals surface area contributed by atoms with Crippen LogP contribution in [0.5, 0.6) is 5.75 Å². The molecule has 3 aromatic rings. The van der Waals surface area contributed by atoms with Crippen LogP contribution in [0.3, 0.4) is 0 Å². The highest BCUT2D eigenvalue weighted by Crippen LogP contribution is 2.37. The number of ether oxygens (including phenoxy) is 1. The fourth-order valence-corrected chi connectivity index (χ4v) is 4.62. The number of carbonyl (C=O) groups excluding carboxylic acids is 1. The fourth-order valence-electron chi connectivity index (χ4n) is 3.52. The van der Waals surface area contributed by atoms with E-state index in [1.807, 2.05) is 35.9 Å². The molecule has 0 saturated carbocycles. The van der Waals surface area contributed by atoms with E-state index < -0.39 is 5.25 Å². The molecule has 8 heteroatoms. The van der Waals surface area contributed by atoms with E-state index in [0.29, 0.717) is 11.8 Å². The number of thioether (sulfide) groups is 1. The molecule has 1 amide bonds. The number of nitrogens with one attached hydrogen (secondary N) is 2. The molecule has 0 spiro atoms. The minimum absolute atomic E-state index is 0.0847. The number of hydrogen-bond donors (Lipinski definition) is 2. The van der Waals surface area contributed by atoms with Gasteiger partial charge in [0.2, 0.25) is 11.1 Å². The van der Waals surface area contributed by atoms with Gasteiger partial charge in [0.15, 0.2) is 5.82 Å². The van der Waals surface area contributed by atoms with Gasteiger partial charge in [-0.25, -0.2) is 4.68 Å². The smallest absolute Gasteiger partial charge is 0.240 e. The Morgan fingerprint density at radius 2 is 1.87 bits per heavy atom. The zero-order chi connectivity index (χ0) is 21.8. The summed E-state index contributed by atoms with van der Waals surface area (Å²) in [5.41, 5.74) is 6.46. The number of aryl methyl sites for hydroxylation is 2. The SMILES string of the molecule is CCCc1nnc2n1N[C@H](c1ccc(C)cc1)[C@H](C(=O)Nc1ccc(OCC)cc1)S2. The number of aromatic nitrogens is 3. The van der Waals surface area contributed by atoms with Crippen molar-refractivity contribution in [1.82, 2.24) is 14.9 Å². The van der Waals surface area contributed by atoms with Gasteiger partial charge in [0.1, 0.15) is 11.0 Å². The summed E-state index contributed by atoms with van der Waals surface area (Å²) >= 11 is 1.44. The predicted octanol–water partition coefficient (Wildman–Crippen LogP) is 4.34. The van der Waals surface area contributed by atoms with Crippen molar-refractivity contribution in [3.8, 4) is 5.75 Å². The largest absolute Gasteiger partial charge is 0.494 e. The Balaban J connectivity index is 1.60. The minimum Gasteiger partial charge on any atom is -0.494 e. The number of amides is 1. The van der Waals surface area contributed by atoms with Crippen molar-refractivity contribution in [2.75, 3.05) is 17.3 Å². The number of fused-ring (bicyclic) bond motifs is 1. The summed E-state index contributed by atoms with van der Waals surface area (Å²) in [4.78, 5) is 13.3. The van der Waals surface area contributed by atoms with Crippen molar-refractivity contribution in [2.24, 2.45) is 0 Å². The summed E-state index contributed by atoms with van der Waals surface area (Å²) < 4.78 is 7.41. The van der Waals surface area contributed by atoms with E-state index in [2.05, 4.69) is 59.1 Å². The molecule has 0 unspecified atom stereocenters. The Labute approximate surface area is 186 Å². The molecule has 0 saturated heterocycles. The first kappa shape index (κ1) is 21.2. The maximum Gasteiger partial charge on any atom is 0.240 e. The first-order valence-corrected chi connectivity index (χ1v) is 11.4. The Bertz CT molecular complexity index is 1030. The second kappa shape index (κ2) is 9.43. The van der Waals surface area contributed by atoms with E-state index in [1.54, 1.807) is 0 Å². The summed E-state index contributed by atoms with van der Waals surface area (Å²) in [5, 5.41) is 12.0. The molecule has 0 radical (unpaired) electrons. The number of nitrogens with zero attached hydrogens (tertiary/aromatic N) is 3. The third-order valence-electron chi connectivity index (χ3n) is 5.11. The zero-order valence-corrected chi connectivity index (χ0v) is 18.8. The Morgan fingerprint density at radius 3 is 2.55 bits per heavy atom. The van der Waals surface area contributed by atoms with Crippen LogP contribution in [0.1, 0.15) is 43.3 Å². The zero-order valence-electron chi connectivity index (χ0n) is 18.0. The lowest BCUT2D eigenvalue weighted by atomic mass is 10.0. The summed E-state index contributed by atoms with van der Waals surface area (Å²) in [6, 6.07) is 15.5. The molecule has 0 bridgehead atoms. The predicted molar refractivity (Wildman–Crippen MR) is 123 cm³/mol. The average Bonchev–Trinajstić information content (AvgIpc) is 3.17. The second-order valence-electron chi connectivity index (χ2n) is 7.49. The van der Waals surface area contributed by atoms with Crippen LogP contribution >= 0.6 is 11.8 Å². The standard InChI is InChI=1S/C23H27N5O2S/c1-4-6-19-25-26-23-28(19)27-20(16-9-7-15(3)8-10-16)21(31-23)22(29)24-17-11-13-18(14-12-17)30-5-2/h7-14,20-21,27H,4-6H2,1-3H3,(H,24,29)/t20-,21-/m1/s1. The normalized spacial score (nSPS) is 17.5. The first-order valence-electron chi connectivity index (χ1n) is 10.6. The number of benzene rings is 2. The molecular formula is C23H27N5O2S. The van der Waals surface area contributed by atoms with Gasteiger partial charge in [-0.1, -0.05) is 48.5 Å². The van der Waals surface area contributed by atoms with Gasteiger partial charge in [-0.3, -0.25) is 4.79 Å². The van der Waals surface area contributed by atoms with Crippen LogP contribution in [0.2, 0.25) is 0 Å². The molecule has 162 valence electrons. The van der Waals surface area contributed by atoms with Crippen LogP contribution in [-0.2, 0) is 11.2 Å². The van der Waals surface area contributed by atoms with Gasteiger partial charge in [0, 0.05) is 12.1 Å². The number of rotatable bonds is 7. The van der Waals surface area contributed by atoms with Crippen molar-refractivity contribution in [3.05, 3.63) is 65.5 Å². The van der Waals surface area contributed by atoms with Gasteiger partial charge in [-0.05, 0) is 50.1 Å². The molecule has 2 N–H and O–H groups in total. The van der Waals surface area contributed by atoms with E-state index in [0.717, 1.165) is 35.7 Å². The van der Waals surface area contributed by atoms with E-state index in [-0.39, 0.29) is 11.9 Å². The average molecular weight is 438 g/mol. The molecule has 0 aliphatic carbocycles. The van der Waals surface area contributed by atoms with Gasteiger partial charge in [-0.2, -0.15) is 0 Å². The third kappa shape index (κ3) is 4.69. The summed E-state index contributed by atoms with van der Waals surface area (Å²) in [6.07, 6.45) is 1.80. The van der Waals surface area contributed by atoms with Crippen molar-refractivity contribution in [2.45, 2.75) is 50.1 Å². The van der Waals surface area contributed by atoms with Crippen molar-refractivity contribution in [1.29, 1.82) is 0 Å². The molecule has 2 aromatic carbocycles. The molecule has 1 aliphatic heterocycles. The molecule has 31 heavy (non-hydrogen) atoms. The second-order valence-corrected chi connectivity index (χ2v) is 8.60. The van der Waals surface area contributed by atoms with Crippen molar-refractivity contribution >= 4 is 23.4 Å². The molecule has 7 nitrogen and oxygen atoms in total. The van der Waals surface area contributed by atoms with Gasteiger partial charge in [0.25, 0.3) is 0 Å². The van der Waals surface area contributed by atoms with E-state index in [1.165, 1.54) is 17.3 Å². The molecule has 0 fully saturated rings. The molecule has 1 aliphatic rings. The van der Waals surface area contributed by atoms with Gasteiger partial charge < -0.3 is 15.5 Å². The fraction of sp³-hybridized carbons (Fsp3) is 0.348. The van der Waals surface area contributed by atoms with E-state index in [9.17, 15) is 4.79 Å². The van der Waals surface area contributed by atoms with E-state index in [4.69, 9.17) is 4.74 Å². The van der Waals surface area contributed by atoms with Crippen LogP contribution in [0.4, 0.5) is 5.69 Å². The maximum atomic E-state index is 13.3. The minimum atomic E-state index is -0.402. The van der Waals surface area contributed by atoms with Gasteiger partial charge >= 0.3 is 0 Å². The third-order valence-corrected chi connectivity index (χ3v) is 6.32. The Morgan fingerprint density at radius 1 is 1.13 bits per heavy atom. The molecular weight excluding hydrogens is 410 g/mol. The lowest BCUT2D eigenvalue weighted by molar-refractivity contribution is -0.116. The van der Waals surface area contributed by atoms with E-state index >= 15 is 0 Å². The van der Waals surface area contributed by atoms with Crippen molar-refractivity contribution in [3.63, 3.8) is 0 Å². The molecule has 2 atom stereocenters. The van der Waals surface area contributed by atoms with Crippen LogP contribution in [0.25, 0.3) is 0 Å². The van der Waals surface area contributed by atoms with Gasteiger partial charge in [-0.15, -0.1) is 10.2 Å². The van der Waals surface area contributed by atoms with Crippen LogP contribution in [0.15, 0.2) is 53.7 Å². The summed E-state index contributed by atoms with van der Waals surface area (Å²) in [5.74, 6) is 1.58. The quantitative estimate of drug-likeness (QED) is 0.572. The lowest BCUT2D eigenvalue weighted by Crippen LogP contribution is -2.41. The topological polar surface area (TPSA) is 81.1 Å². The highest BCUT2D eigenvalue weighted by atomic mass is 32.2. The highest BCUT2D eigenvalue weighted by molar-refractivity contribution is 8.00. The van der Waals surface area contributed by atoms with Gasteiger partial charge in [0.05, 0.1) is 12.6 Å². The molecule has 2 heterocycles. The Kier molecular flexibility index (Phi) is 6.46. The summed E-state index contributed by atoms with van der Waals surface area (Å²) in [6.45, 7) is 6.72. The van der Waals surface area contributed by atoms with Crippen LogP contribution in [0, 0.1) is 6.92 Å². The lowest BCUT2D eigenvalue weighted by Gasteiger charge is -2.33. The van der Waals surface area contributed by atoms with Crippen LogP contribution < -0.4 is 15.5 Å².